The Morgan fingerprint density at radius 2 is 1.87 bits per heavy atom. The molecule has 1 aliphatic heterocycles. The van der Waals surface area contributed by atoms with E-state index in [1.165, 1.54) is 0 Å². The van der Waals surface area contributed by atoms with E-state index in [1.807, 2.05) is 0 Å². The van der Waals surface area contributed by atoms with E-state index in [0.29, 0.717) is 25.6 Å². The van der Waals surface area contributed by atoms with E-state index in [1.54, 1.807) is 25.7 Å². The van der Waals surface area contributed by atoms with E-state index in [2.05, 4.69) is 10.3 Å². The summed E-state index contributed by atoms with van der Waals surface area (Å²) < 4.78 is 49.9. The lowest BCUT2D eigenvalue weighted by Crippen LogP contribution is -2.35. The van der Waals surface area contributed by atoms with Crippen LogP contribution < -0.4 is 15.6 Å². The number of rotatable bonds is 4. The molecule has 5 rings (SSSR count). The summed E-state index contributed by atoms with van der Waals surface area (Å²) >= 11 is 0. The molecule has 0 bridgehead atoms. The number of carboxylic acid groups (broad SMARTS) is 1. The predicted octanol–water partition coefficient (Wildman–Crippen LogP) is 3.85. The van der Waals surface area contributed by atoms with Gasteiger partial charge in [-0.25, -0.2) is 27.7 Å². The van der Waals surface area contributed by atoms with Crippen LogP contribution in [0.2, 0.25) is 0 Å². The largest absolute Gasteiger partial charge is 0.477 e. The van der Waals surface area contributed by atoms with Crippen LogP contribution >= 0.6 is 0 Å². The zero-order valence-electron chi connectivity index (χ0n) is 20.8. The van der Waals surface area contributed by atoms with Gasteiger partial charge in [-0.05, 0) is 51.3 Å². The molecule has 3 atom stereocenters. The number of halogens is 3. The molecule has 200 valence electrons. The van der Waals surface area contributed by atoms with Crippen LogP contribution in [0.5, 0.6) is 0 Å². The monoisotopic (exact) mass is 530 g/mol. The van der Waals surface area contributed by atoms with Gasteiger partial charge in [0.15, 0.2) is 17.3 Å². The van der Waals surface area contributed by atoms with Crippen LogP contribution in [0.25, 0.3) is 16.7 Å². The van der Waals surface area contributed by atoms with Crippen molar-refractivity contribution in [2.24, 2.45) is 11.8 Å². The highest BCUT2D eigenvalue weighted by Gasteiger charge is 2.54. The van der Waals surface area contributed by atoms with Crippen molar-refractivity contribution >= 4 is 28.9 Å². The first-order valence-electron chi connectivity index (χ1n) is 12.0. The average Bonchev–Trinajstić information content (AvgIpc) is 3.49. The van der Waals surface area contributed by atoms with E-state index in [4.69, 9.17) is 4.74 Å². The lowest BCUT2D eigenvalue weighted by atomic mass is 10.1. The summed E-state index contributed by atoms with van der Waals surface area (Å²) in [4.78, 5) is 42.7. The topological polar surface area (TPSA) is 114 Å². The molecule has 1 saturated carbocycles. The van der Waals surface area contributed by atoms with Gasteiger partial charge in [-0.2, -0.15) is 0 Å². The number of benzene rings is 1. The quantitative estimate of drug-likeness (QED) is 0.527. The second-order valence-corrected chi connectivity index (χ2v) is 10.5. The van der Waals surface area contributed by atoms with Crippen LogP contribution in [0, 0.1) is 29.3 Å². The third kappa shape index (κ3) is 4.66. The smallest absolute Gasteiger partial charge is 0.407 e. The number of alkyl carbamates (subject to hydrolysis) is 1. The molecule has 12 heteroatoms. The second-order valence-electron chi connectivity index (χ2n) is 10.5. The first-order chi connectivity index (χ1) is 17.8. The van der Waals surface area contributed by atoms with Crippen molar-refractivity contribution in [3.8, 4) is 5.69 Å². The van der Waals surface area contributed by atoms with E-state index < -0.39 is 46.1 Å². The summed E-state index contributed by atoms with van der Waals surface area (Å²) in [6.45, 7) is 6.06. The van der Waals surface area contributed by atoms with Gasteiger partial charge >= 0.3 is 12.1 Å². The number of nitrogens with one attached hydrogen (secondary N) is 1. The number of carboxylic acids is 1. The maximum absolute atomic E-state index is 15.3. The molecule has 0 unspecified atom stereocenters. The number of aromatic nitrogens is 2. The molecule has 3 aromatic rings. The number of hydrogen-bond donors (Lipinski definition) is 2. The normalized spacial score (nSPS) is 20.7. The molecule has 2 aliphatic rings. The molecule has 1 aromatic carbocycles. The zero-order chi connectivity index (χ0) is 27.5. The van der Waals surface area contributed by atoms with Gasteiger partial charge < -0.3 is 20.1 Å². The van der Waals surface area contributed by atoms with Gasteiger partial charge in [0.25, 0.3) is 0 Å². The van der Waals surface area contributed by atoms with Crippen LogP contribution in [0.4, 0.5) is 23.8 Å². The fraction of sp³-hybridized carbons (Fsp3) is 0.385. The number of hydrogen-bond acceptors (Lipinski definition) is 6. The number of carbonyl (C=O) groups excluding carboxylic acids is 1. The van der Waals surface area contributed by atoms with Crippen molar-refractivity contribution in [3.63, 3.8) is 0 Å². The maximum atomic E-state index is 15.3. The number of amides is 1. The van der Waals surface area contributed by atoms with Crippen molar-refractivity contribution < 1.29 is 32.6 Å². The van der Waals surface area contributed by atoms with Crippen molar-refractivity contribution in [1.82, 2.24) is 14.9 Å². The van der Waals surface area contributed by atoms with Gasteiger partial charge in [-0.15, -0.1) is 0 Å². The summed E-state index contributed by atoms with van der Waals surface area (Å²) in [6.07, 6.45) is 1.01. The van der Waals surface area contributed by atoms with E-state index in [0.717, 1.165) is 29.0 Å². The molecular formula is C26H25F3N4O5. The number of nitrogens with zero attached hydrogens (tertiary/aromatic N) is 3. The van der Waals surface area contributed by atoms with Crippen LogP contribution in [0.3, 0.4) is 0 Å². The molecule has 2 fully saturated rings. The van der Waals surface area contributed by atoms with Crippen LogP contribution in [-0.2, 0) is 4.74 Å². The molecule has 0 spiro atoms. The highest BCUT2D eigenvalue weighted by molar-refractivity contribution is 5.92. The van der Waals surface area contributed by atoms with E-state index >= 15 is 4.39 Å². The number of piperidine rings is 1. The SMILES string of the molecule is CC(C)(C)OC(=O)N[C@H]1[C@@H]2CN(c3nc4c(cc3F)c(=O)c(C(=O)O)cn4-c3ccc(F)cc3F)CC[C@@H]21. The standard InChI is InChI=1S/C26H25F3N4O5/c1-26(2,3)38-25(37)30-20-13-6-7-32(10-15(13)20)23-18(29)9-14-21(34)16(24(35)36)11-33(22(14)31-23)19-5-4-12(27)8-17(19)28/h4-5,8-9,11,13,15,20H,6-7,10H2,1-3H3,(H,30,37)(H,35,36)/t13-,15+,20+/m0/s1. The maximum Gasteiger partial charge on any atom is 0.407 e. The minimum atomic E-state index is -1.59. The number of pyridine rings is 2. The number of anilines is 1. The molecule has 2 aromatic heterocycles. The fourth-order valence-electron chi connectivity index (χ4n) is 5.04. The Kier molecular flexibility index (Phi) is 6.07. The van der Waals surface area contributed by atoms with Crippen molar-refractivity contribution in [2.45, 2.75) is 38.8 Å². The lowest BCUT2D eigenvalue weighted by Gasteiger charge is -2.28. The Labute approximate surface area is 214 Å². The Hall–Kier alpha value is -4.09. The third-order valence-electron chi connectivity index (χ3n) is 6.79. The Balaban J connectivity index is 1.51. The van der Waals surface area contributed by atoms with Crippen LogP contribution in [-0.4, -0.2) is 51.5 Å². The van der Waals surface area contributed by atoms with E-state index in [9.17, 15) is 28.3 Å². The fourth-order valence-corrected chi connectivity index (χ4v) is 5.04. The average molecular weight is 531 g/mol. The first kappa shape index (κ1) is 25.6. The highest BCUT2D eigenvalue weighted by atomic mass is 19.1. The molecule has 1 aliphatic carbocycles. The van der Waals surface area contributed by atoms with E-state index in [-0.39, 0.29) is 40.4 Å². The van der Waals surface area contributed by atoms with Gasteiger partial charge in [-0.1, -0.05) is 0 Å². The number of carbonyl (C=O) groups is 2. The summed E-state index contributed by atoms with van der Waals surface area (Å²) in [7, 11) is 0. The van der Waals surface area contributed by atoms with Gasteiger partial charge in [-0.3, -0.25) is 9.36 Å². The van der Waals surface area contributed by atoms with Crippen molar-refractivity contribution in [2.75, 3.05) is 18.0 Å². The molecule has 2 N–H and O–H groups in total. The van der Waals surface area contributed by atoms with Gasteiger partial charge in [0.05, 0.1) is 11.1 Å². The molecule has 1 saturated heterocycles. The van der Waals surface area contributed by atoms with Gasteiger partial charge in [0.1, 0.15) is 22.8 Å². The lowest BCUT2D eigenvalue weighted by molar-refractivity contribution is 0.0518. The number of fused-ring (bicyclic) bond motifs is 2. The molecular weight excluding hydrogens is 505 g/mol. The molecule has 3 heterocycles. The Bertz CT molecular complexity index is 1530. The summed E-state index contributed by atoms with van der Waals surface area (Å²) in [5, 5.41) is 12.0. The minimum absolute atomic E-state index is 0.0271. The summed E-state index contributed by atoms with van der Waals surface area (Å²) in [5.74, 6) is -4.18. The van der Waals surface area contributed by atoms with Crippen molar-refractivity contribution in [3.05, 3.63) is 63.7 Å². The van der Waals surface area contributed by atoms with Crippen LogP contribution in [0.15, 0.2) is 35.3 Å². The zero-order valence-corrected chi connectivity index (χ0v) is 20.8. The summed E-state index contributed by atoms with van der Waals surface area (Å²) in [5.41, 5.74) is -2.78. The Morgan fingerprint density at radius 1 is 1.13 bits per heavy atom. The first-order valence-corrected chi connectivity index (χ1v) is 12.0. The minimum Gasteiger partial charge on any atom is -0.477 e. The molecule has 0 radical (unpaired) electrons. The van der Waals surface area contributed by atoms with Gasteiger partial charge in [0.2, 0.25) is 5.43 Å². The number of ether oxygens (including phenoxy) is 1. The highest BCUT2D eigenvalue weighted by Crippen LogP contribution is 2.46. The molecule has 1 amide bonds. The third-order valence-corrected chi connectivity index (χ3v) is 6.79. The Morgan fingerprint density at radius 3 is 2.53 bits per heavy atom. The molecule has 9 nitrogen and oxygen atoms in total. The molecule has 38 heavy (non-hydrogen) atoms. The van der Waals surface area contributed by atoms with Gasteiger partial charge in [0, 0.05) is 37.3 Å². The van der Waals surface area contributed by atoms with Crippen LogP contribution in [0.1, 0.15) is 37.6 Å². The second kappa shape index (κ2) is 9.03. The number of aromatic carboxylic acids is 1. The predicted molar refractivity (Wildman–Crippen MR) is 131 cm³/mol. The van der Waals surface area contributed by atoms with Crippen molar-refractivity contribution in [1.29, 1.82) is 0 Å². The summed E-state index contributed by atoms with van der Waals surface area (Å²) in [6, 6.07) is 3.42.